The van der Waals surface area contributed by atoms with E-state index >= 15 is 0 Å². The lowest BCUT2D eigenvalue weighted by Gasteiger charge is -2.20. The number of ether oxygens (including phenoxy) is 2. The predicted molar refractivity (Wildman–Crippen MR) is 126 cm³/mol. The Morgan fingerprint density at radius 3 is 2.42 bits per heavy atom. The number of nitrogens with one attached hydrogen (secondary N) is 2. The number of hydrazone groups is 1. The zero-order valence-electron chi connectivity index (χ0n) is 17.3. The van der Waals surface area contributed by atoms with Crippen LogP contribution in [0.2, 0.25) is 10.0 Å². The minimum atomic E-state index is -0.825. The standard InChI is InChI=1S/C21H22BrCl2N3O4/c1-11(2)18(26-20(28)14-6-5-13(23)9-16(14)24)21(29)27-25-10-12-7-15(22)19(31-4)17(8-12)30-3/h5-11,18H,1-4H3,(H,26,28)(H,27,29)/b25-10+. The topological polar surface area (TPSA) is 89.0 Å². The maximum Gasteiger partial charge on any atom is 0.262 e. The summed E-state index contributed by atoms with van der Waals surface area (Å²) in [7, 11) is 3.06. The van der Waals surface area contributed by atoms with Gasteiger partial charge >= 0.3 is 0 Å². The molecule has 0 aliphatic carbocycles. The van der Waals surface area contributed by atoms with Gasteiger partial charge < -0.3 is 14.8 Å². The van der Waals surface area contributed by atoms with Crippen LogP contribution in [-0.2, 0) is 4.79 Å². The predicted octanol–water partition coefficient (Wildman–Crippen LogP) is 4.68. The first-order chi connectivity index (χ1) is 14.7. The molecule has 0 aromatic heterocycles. The molecule has 1 unspecified atom stereocenters. The fourth-order valence-corrected chi connectivity index (χ4v) is 3.80. The summed E-state index contributed by atoms with van der Waals surface area (Å²) in [6.45, 7) is 3.62. The highest BCUT2D eigenvalue weighted by atomic mass is 79.9. The van der Waals surface area contributed by atoms with Crippen molar-refractivity contribution in [2.75, 3.05) is 14.2 Å². The summed E-state index contributed by atoms with van der Waals surface area (Å²) in [5.74, 6) is -0.0862. The number of nitrogens with zero attached hydrogens (tertiary/aromatic N) is 1. The molecule has 2 aromatic rings. The van der Waals surface area contributed by atoms with Gasteiger partial charge in [0.15, 0.2) is 11.5 Å². The largest absolute Gasteiger partial charge is 0.493 e. The van der Waals surface area contributed by atoms with Crippen LogP contribution in [0.5, 0.6) is 11.5 Å². The Kier molecular flexibility index (Phi) is 9.15. The van der Waals surface area contributed by atoms with E-state index in [1.165, 1.54) is 32.6 Å². The molecule has 2 N–H and O–H groups in total. The summed E-state index contributed by atoms with van der Waals surface area (Å²) in [6.07, 6.45) is 1.46. The highest BCUT2D eigenvalue weighted by Crippen LogP contribution is 2.35. The van der Waals surface area contributed by atoms with Gasteiger partial charge in [0.2, 0.25) is 0 Å². The molecular weight excluding hydrogens is 509 g/mol. The monoisotopic (exact) mass is 529 g/mol. The molecule has 2 rings (SSSR count). The molecule has 0 radical (unpaired) electrons. The average molecular weight is 531 g/mol. The highest BCUT2D eigenvalue weighted by Gasteiger charge is 2.25. The van der Waals surface area contributed by atoms with E-state index in [2.05, 4.69) is 31.8 Å². The van der Waals surface area contributed by atoms with Gasteiger partial charge in [0.05, 0.1) is 35.5 Å². The Morgan fingerprint density at radius 2 is 1.84 bits per heavy atom. The molecule has 0 aliphatic heterocycles. The van der Waals surface area contributed by atoms with E-state index in [1.54, 1.807) is 18.2 Å². The van der Waals surface area contributed by atoms with Crippen LogP contribution < -0.4 is 20.2 Å². The summed E-state index contributed by atoms with van der Waals surface area (Å²) < 4.78 is 11.2. The number of carbonyl (C=O) groups excluding carboxylic acids is 2. The second kappa shape index (κ2) is 11.4. The molecule has 0 bridgehead atoms. The van der Waals surface area contributed by atoms with Crippen LogP contribution in [0.1, 0.15) is 29.8 Å². The Bertz CT molecular complexity index is 999. The smallest absolute Gasteiger partial charge is 0.262 e. The van der Waals surface area contributed by atoms with E-state index in [-0.39, 0.29) is 16.5 Å². The van der Waals surface area contributed by atoms with Gasteiger partial charge in [0.1, 0.15) is 6.04 Å². The van der Waals surface area contributed by atoms with Crippen LogP contribution in [-0.4, -0.2) is 38.3 Å². The number of methoxy groups -OCH3 is 2. The zero-order chi connectivity index (χ0) is 23.1. The molecule has 1 atom stereocenters. The lowest BCUT2D eigenvalue weighted by Crippen LogP contribution is -2.48. The summed E-state index contributed by atoms with van der Waals surface area (Å²) in [5.41, 5.74) is 3.35. The fraction of sp³-hybridized carbons (Fsp3) is 0.286. The zero-order valence-corrected chi connectivity index (χ0v) is 20.4. The molecule has 0 aliphatic rings. The minimum absolute atomic E-state index is 0.194. The van der Waals surface area contributed by atoms with Gasteiger partial charge in [-0.1, -0.05) is 37.0 Å². The van der Waals surface area contributed by atoms with Crippen LogP contribution >= 0.6 is 39.1 Å². The molecule has 7 nitrogen and oxygen atoms in total. The van der Waals surface area contributed by atoms with Gasteiger partial charge in [0, 0.05) is 5.02 Å². The second-order valence-corrected chi connectivity index (χ2v) is 8.49. The van der Waals surface area contributed by atoms with Crippen LogP contribution in [0, 0.1) is 5.92 Å². The van der Waals surface area contributed by atoms with Crippen LogP contribution in [0.15, 0.2) is 39.9 Å². The lowest BCUT2D eigenvalue weighted by atomic mass is 10.0. The third-order valence-corrected chi connectivity index (χ3v) is 5.39. The number of hydrogen-bond donors (Lipinski definition) is 2. The van der Waals surface area contributed by atoms with Crippen molar-refractivity contribution in [3.05, 3.63) is 56.0 Å². The quantitative estimate of drug-likeness (QED) is 0.383. The lowest BCUT2D eigenvalue weighted by molar-refractivity contribution is -0.123. The molecule has 31 heavy (non-hydrogen) atoms. The van der Waals surface area contributed by atoms with Gasteiger partial charge in [0.25, 0.3) is 11.8 Å². The van der Waals surface area contributed by atoms with Crippen molar-refractivity contribution < 1.29 is 19.1 Å². The van der Waals surface area contributed by atoms with E-state index in [0.29, 0.717) is 26.6 Å². The van der Waals surface area contributed by atoms with Crippen molar-refractivity contribution in [2.45, 2.75) is 19.9 Å². The van der Waals surface area contributed by atoms with E-state index in [0.717, 1.165) is 0 Å². The maximum absolute atomic E-state index is 12.6. The summed E-state index contributed by atoms with van der Waals surface area (Å²) in [6, 6.07) is 7.17. The summed E-state index contributed by atoms with van der Waals surface area (Å²) >= 11 is 15.4. The number of amides is 2. The summed E-state index contributed by atoms with van der Waals surface area (Å²) in [4.78, 5) is 25.2. The number of hydrogen-bond acceptors (Lipinski definition) is 5. The molecule has 10 heteroatoms. The van der Waals surface area contributed by atoms with Crippen molar-refractivity contribution in [2.24, 2.45) is 11.0 Å². The van der Waals surface area contributed by atoms with Crippen LogP contribution in [0.3, 0.4) is 0 Å². The van der Waals surface area contributed by atoms with Crippen LogP contribution in [0.25, 0.3) is 0 Å². The highest BCUT2D eigenvalue weighted by molar-refractivity contribution is 9.10. The molecular formula is C21H22BrCl2N3O4. The number of halogens is 3. The molecule has 0 saturated carbocycles. The number of carbonyl (C=O) groups is 2. The normalized spacial score (nSPS) is 12.0. The molecule has 0 spiro atoms. The third-order valence-electron chi connectivity index (χ3n) is 4.26. The third kappa shape index (κ3) is 6.59. The van der Waals surface area contributed by atoms with E-state index in [4.69, 9.17) is 32.7 Å². The van der Waals surface area contributed by atoms with E-state index < -0.39 is 17.9 Å². The van der Waals surface area contributed by atoms with Gasteiger partial charge in [-0.3, -0.25) is 9.59 Å². The maximum atomic E-state index is 12.6. The average Bonchev–Trinajstić information content (AvgIpc) is 2.70. The van der Waals surface area contributed by atoms with Crippen molar-refractivity contribution in [1.29, 1.82) is 0 Å². The van der Waals surface area contributed by atoms with Gasteiger partial charge in [-0.15, -0.1) is 0 Å². The van der Waals surface area contributed by atoms with Crippen molar-refractivity contribution in [3.63, 3.8) is 0 Å². The second-order valence-electron chi connectivity index (χ2n) is 6.79. The number of benzene rings is 2. The van der Waals surface area contributed by atoms with Gasteiger partial charge in [-0.05, 0) is 57.7 Å². The molecule has 0 heterocycles. The fourth-order valence-electron chi connectivity index (χ4n) is 2.68. The molecule has 2 amide bonds. The van der Waals surface area contributed by atoms with Crippen LogP contribution in [0.4, 0.5) is 0 Å². The molecule has 2 aromatic carbocycles. The van der Waals surface area contributed by atoms with Gasteiger partial charge in [-0.25, -0.2) is 5.43 Å². The van der Waals surface area contributed by atoms with E-state index in [9.17, 15) is 9.59 Å². The Morgan fingerprint density at radius 1 is 1.13 bits per heavy atom. The first-order valence-corrected chi connectivity index (χ1v) is 10.7. The Balaban J connectivity index is 2.11. The molecule has 0 fully saturated rings. The Hall–Kier alpha value is -2.29. The molecule has 166 valence electrons. The SMILES string of the molecule is COc1cc(/C=N/NC(=O)C(NC(=O)c2ccc(Cl)cc2Cl)C(C)C)cc(Br)c1OC. The van der Waals surface area contributed by atoms with Crippen molar-refractivity contribution >= 4 is 57.2 Å². The molecule has 0 saturated heterocycles. The van der Waals surface area contributed by atoms with Crippen molar-refractivity contribution in [3.8, 4) is 11.5 Å². The first kappa shape index (κ1) is 25.0. The van der Waals surface area contributed by atoms with Crippen molar-refractivity contribution in [1.82, 2.24) is 10.7 Å². The van der Waals surface area contributed by atoms with E-state index in [1.807, 2.05) is 13.8 Å². The minimum Gasteiger partial charge on any atom is -0.493 e. The first-order valence-electron chi connectivity index (χ1n) is 9.18. The Labute approximate surface area is 199 Å². The number of rotatable bonds is 8. The summed E-state index contributed by atoms with van der Waals surface area (Å²) in [5, 5.41) is 7.29. The van der Waals surface area contributed by atoms with Gasteiger partial charge in [-0.2, -0.15) is 5.10 Å².